The van der Waals surface area contributed by atoms with Crippen LogP contribution in [0.2, 0.25) is 0 Å². The molecular weight excluding hydrogens is 220 g/mol. The van der Waals surface area contributed by atoms with E-state index in [4.69, 9.17) is 5.73 Å². The molecule has 14 heavy (non-hydrogen) atoms. The van der Waals surface area contributed by atoms with Crippen molar-refractivity contribution in [3.05, 3.63) is 0 Å². The molecule has 0 aromatic rings. The highest BCUT2D eigenvalue weighted by molar-refractivity contribution is 7.90. The molecule has 0 saturated carbocycles. The van der Waals surface area contributed by atoms with Gasteiger partial charge >= 0.3 is 0 Å². The maximum Gasteiger partial charge on any atom is 0.216 e. The van der Waals surface area contributed by atoms with E-state index in [1.54, 1.807) is 20.8 Å². The fraction of sp³-hybridized carbons (Fsp3) is 0.875. The molecule has 0 atom stereocenters. The fourth-order valence-electron chi connectivity index (χ4n) is 0.686. The van der Waals surface area contributed by atoms with Crippen molar-refractivity contribution >= 4 is 27.2 Å². The maximum atomic E-state index is 11.5. The monoisotopic (exact) mass is 238 g/mol. The Morgan fingerprint density at radius 1 is 1.43 bits per heavy atom. The highest BCUT2D eigenvalue weighted by atomic mass is 32.2. The van der Waals surface area contributed by atoms with Crippen molar-refractivity contribution in [2.45, 2.75) is 38.4 Å². The van der Waals surface area contributed by atoms with E-state index in [0.29, 0.717) is 24.4 Å². The van der Waals surface area contributed by atoms with Gasteiger partial charge in [-0.2, -0.15) is 0 Å². The molecule has 4 nitrogen and oxygen atoms in total. The van der Waals surface area contributed by atoms with Gasteiger partial charge in [0, 0.05) is 6.54 Å². The van der Waals surface area contributed by atoms with Gasteiger partial charge in [0.25, 0.3) is 0 Å². The minimum absolute atomic E-state index is 0.386. The molecule has 0 fully saturated rings. The zero-order chi connectivity index (χ0) is 11.4. The Labute approximate surface area is 91.3 Å². The zero-order valence-corrected chi connectivity index (χ0v) is 10.5. The Balaban J connectivity index is 3.97. The van der Waals surface area contributed by atoms with Crippen LogP contribution < -0.4 is 10.5 Å². The Kier molecular flexibility index (Phi) is 4.97. The van der Waals surface area contributed by atoms with Gasteiger partial charge in [-0.15, -0.1) is 0 Å². The molecule has 0 unspecified atom stereocenters. The van der Waals surface area contributed by atoms with Crippen molar-refractivity contribution in [3.63, 3.8) is 0 Å². The third-order valence-electron chi connectivity index (χ3n) is 1.70. The largest absolute Gasteiger partial charge is 0.393 e. The van der Waals surface area contributed by atoms with Crippen LogP contribution in [0.4, 0.5) is 0 Å². The lowest BCUT2D eigenvalue weighted by Crippen LogP contribution is -2.39. The van der Waals surface area contributed by atoms with Crippen molar-refractivity contribution in [2.24, 2.45) is 5.73 Å². The van der Waals surface area contributed by atoms with Gasteiger partial charge in [0.15, 0.2) is 0 Å². The summed E-state index contributed by atoms with van der Waals surface area (Å²) in [6.07, 6.45) is 1.21. The summed E-state index contributed by atoms with van der Waals surface area (Å²) in [7, 11) is -3.23. The van der Waals surface area contributed by atoms with Crippen LogP contribution >= 0.6 is 12.2 Å². The highest BCUT2D eigenvalue weighted by Gasteiger charge is 2.27. The first-order chi connectivity index (χ1) is 6.17. The van der Waals surface area contributed by atoms with Gasteiger partial charge in [-0.05, 0) is 33.6 Å². The second kappa shape index (κ2) is 5.04. The van der Waals surface area contributed by atoms with Gasteiger partial charge in [-0.3, -0.25) is 0 Å². The molecule has 0 aromatic carbocycles. The fourth-order valence-corrected chi connectivity index (χ4v) is 1.68. The predicted octanol–water partition coefficient (Wildman–Crippen LogP) is 0.771. The first kappa shape index (κ1) is 13.8. The smallest absolute Gasteiger partial charge is 0.216 e. The van der Waals surface area contributed by atoms with E-state index >= 15 is 0 Å². The third kappa shape index (κ3) is 4.88. The number of nitrogens with one attached hydrogen (secondary N) is 1. The van der Waals surface area contributed by atoms with Gasteiger partial charge < -0.3 is 5.73 Å². The van der Waals surface area contributed by atoms with Gasteiger partial charge in [-0.1, -0.05) is 12.2 Å². The third-order valence-corrected chi connectivity index (χ3v) is 4.10. The van der Waals surface area contributed by atoms with E-state index in [1.165, 1.54) is 0 Å². The summed E-state index contributed by atoms with van der Waals surface area (Å²) in [5.74, 6) is 0. The van der Waals surface area contributed by atoms with Gasteiger partial charge in [-0.25, -0.2) is 13.1 Å². The molecule has 84 valence electrons. The number of thiocarbonyl (C=S) groups is 1. The van der Waals surface area contributed by atoms with Crippen LogP contribution in [0.3, 0.4) is 0 Å². The molecule has 3 N–H and O–H groups in total. The summed E-state index contributed by atoms with van der Waals surface area (Å²) < 4.78 is 24.8. The van der Waals surface area contributed by atoms with Gasteiger partial charge in [0.05, 0.1) is 9.74 Å². The minimum atomic E-state index is -3.23. The van der Waals surface area contributed by atoms with Crippen LogP contribution in [-0.2, 0) is 10.0 Å². The lowest BCUT2D eigenvalue weighted by atomic mass is 10.3. The first-order valence-electron chi connectivity index (χ1n) is 4.44. The van der Waals surface area contributed by atoms with Crippen molar-refractivity contribution in [1.82, 2.24) is 4.72 Å². The molecule has 0 bridgehead atoms. The molecule has 0 aliphatic carbocycles. The average Bonchev–Trinajstić information content (AvgIpc) is 1.95. The summed E-state index contributed by atoms with van der Waals surface area (Å²) in [6, 6.07) is 0. The topological polar surface area (TPSA) is 72.2 Å². The van der Waals surface area contributed by atoms with Crippen LogP contribution in [0.25, 0.3) is 0 Å². The van der Waals surface area contributed by atoms with E-state index in [9.17, 15) is 8.42 Å². The summed E-state index contributed by atoms with van der Waals surface area (Å²) in [4.78, 5) is 0.417. The number of nitrogens with two attached hydrogens (primary N) is 1. The lowest BCUT2D eigenvalue weighted by molar-refractivity contribution is 0.543. The standard InChI is InChI=1S/C8H18N2O2S2/c1-8(2,3)14(11,12)10-6-4-5-7(9)13/h10H,4-6H2,1-3H3,(H2,9,13). The Morgan fingerprint density at radius 2 is 1.93 bits per heavy atom. The Hall–Kier alpha value is -0.200. The van der Waals surface area contributed by atoms with Crippen molar-refractivity contribution in [2.75, 3.05) is 6.54 Å². The zero-order valence-electron chi connectivity index (χ0n) is 8.83. The molecule has 0 aliphatic rings. The molecule has 0 rings (SSSR count). The van der Waals surface area contributed by atoms with Gasteiger partial charge in [0.1, 0.15) is 0 Å². The SMILES string of the molecule is CC(C)(C)S(=O)(=O)NCCCC(N)=S. The molecule has 6 heteroatoms. The Morgan fingerprint density at radius 3 is 2.29 bits per heavy atom. The van der Waals surface area contributed by atoms with Crippen LogP contribution in [0.1, 0.15) is 33.6 Å². The first-order valence-corrected chi connectivity index (χ1v) is 6.33. The predicted molar refractivity (Wildman–Crippen MR) is 62.7 cm³/mol. The average molecular weight is 238 g/mol. The second-order valence-corrected chi connectivity index (χ2v) is 7.12. The summed E-state index contributed by atoms with van der Waals surface area (Å²) in [5.41, 5.74) is 5.28. The van der Waals surface area contributed by atoms with E-state index in [1.807, 2.05) is 0 Å². The van der Waals surface area contributed by atoms with Crippen molar-refractivity contribution in [3.8, 4) is 0 Å². The summed E-state index contributed by atoms with van der Waals surface area (Å²) in [5, 5.41) is 0. The highest BCUT2D eigenvalue weighted by Crippen LogP contribution is 2.12. The summed E-state index contributed by atoms with van der Waals surface area (Å²) in [6.45, 7) is 5.35. The normalized spacial score (nSPS) is 12.8. The molecule has 0 saturated heterocycles. The molecule has 0 spiro atoms. The van der Waals surface area contributed by atoms with Crippen LogP contribution in [0.15, 0.2) is 0 Å². The van der Waals surface area contributed by atoms with E-state index in [0.717, 1.165) is 0 Å². The molecule has 0 aliphatic heterocycles. The quantitative estimate of drug-likeness (QED) is 0.548. The van der Waals surface area contributed by atoms with E-state index in [2.05, 4.69) is 16.9 Å². The van der Waals surface area contributed by atoms with Crippen molar-refractivity contribution < 1.29 is 8.42 Å². The van der Waals surface area contributed by atoms with Crippen LogP contribution in [0.5, 0.6) is 0 Å². The lowest BCUT2D eigenvalue weighted by Gasteiger charge is -2.19. The van der Waals surface area contributed by atoms with Crippen LogP contribution in [0, 0.1) is 0 Å². The second-order valence-electron chi connectivity index (χ2n) is 4.08. The van der Waals surface area contributed by atoms with E-state index < -0.39 is 14.8 Å². The number of rotatable bonds is 5. The van der Waals surface area contributed by atoms with Crippen molar-refractivity contribution in [1.29, 1.82) is 0 Å². The molecule has 0 amide bonds. The number of sulfonamides is 1. The van der Waals surface area contributed by atoms with E-state index in [-0.39, 0.29) is 0 Å². The summed E-state index contributed by atoms with van der Waals surface area (Å²) >= 11 is 4.68. The number of hydrogen-bond donors (Lipinski definition) is 2. The molecule has 0 radical (unpaired) electrons. The number of hydrogen-bond acceptors (Lipinski definition) is 3. The van der Waals surface area contributed by atoms with Gasteiger partial charge in [0.2, 0.25) is 10.0 Å². The van der Waals surface area contributed by atoms with Crippen LogP contribution in [-0.4, -0.2) is 24.7 Å². The minimum Gasteiger partial charge on any atom is -0.393 e. The molecule has 0 aromatic heterocycles. The maximum absolute atomic E-state index is 11.5. The Bertz CT molecular complexity index is 291. The molecular formula is C8H18N2O2S2. The molecule has 0 heterocycles.